The summed E-state index contributed by atoms with van der Waals surface area (Å²) in [4.78, 5) is 13.0. The maximum Gasteiger partial charge on any atom is 0.243 e. The second kappa shape index (κ2) is 12.4. The van der Waals surface area contributed by atoms with Crippen LogP contribution in [-0.4, -0.2) is 32.3 Å². The van der Waals surface area contributed by atoms with Gasteiger partial charge in [-0.25, -0.2) is 8.42 Å². The molecule has 1 aliphatic carbocycles. The summed E-state index contributed by atoms with van der Waals surface area (Å²) in [5.41, 5.74) is 3.23. The van der Waals surface area contributed by atoms with Gasteiger partial charge in [-0.15, -0.1) is 0 Å². The van der Waals surface area contributed by atoms with E-state index in [9.17, 15) is 13.2 Å². The van der Waals surface area contributed by atoms with Crippen LogP contribution in [0.4, 0.5) is 0 Å². The highest BCUT2D eigenvalue weighted by Gasteiger charge is 2.31. The van der Waals surface area contributed by atoms with Gasteiger partial charge in [-0.05, 0) is 61.8 Å². The number of hydrogen-bond acceptors (Lipinski definition) is 4. The molecular weight excluding hydrogens is 484 g/mol. The molecule has 1 saturated carbocycles. The summed E-state index contributed by atoms with van der Waals surface area (Å²) < 4.78 is 34.2. The van der Waals surface area contributed by atoms with Gasteiger partial charge in [-0.3, -0.25) is 4.79 Å². The maximum absolute atomic E-state index is 13.7. The summed E-state index contributed by atoms with van der Waals surface area (Å²) in [5, 5.41) is 3.08. The largest absolute Gasteiger partial charge is 0.497 e. The number of carbonyl (C=O) groups excluding carboxylic acids is 1. The number of rotatable bonds is 10. The van der Waals surface area contributed by atoms with Crippen LogP contribution in [0, 0.1) is 18.8 Å². The fourth-order valence-electron chi connectivity index (χ4n) is 4.88. The number of hydrogen-bond donors (Lipinski definition) is 1. The lowest BCUT2D eigenvalue weighted by atomic mass is 9.81. The number of carbonyl (C=O) groups is 1. The summed E-state index contributed by atoms with van der Waals surface area (Å²) in [6, 6.07) is 24.5. The molecule has 37 heavy (non-hydrogen) atoms. The molecular formula is C30H36N2O4S. The molecule has 3 aromatic rings. The van der Waals surface area contributed by atoms with Crippen LogP contribution in [0.15, 0.2) is 83.8 Å². The Labute approximate surface area is 220 Å². The summed E-state index contributed by atoms with van der Waals surface area (Å²) in [6.07, 6.45) is 3.18. The molecule has 0 radical (unpaired) electrons. The lowest BCUT2D eigenvalue weighted by Crippen LogP contribution is -2.38. The third kappa shape index (κ3) is 7.21. The van der Waals surface area contributed by atoms with Gasteiger partial charge in [0.1, 0.15) is 5.75 Å². The summed E-state index contributed by atoms with van der Waals surface area (Å²) in [6.45, 7) is 3.30. The molecule has 0 spiro atoms. The van der Waals surface area contributed by atoms with Crippen molar-refractivity contribution in [2.45, 2.75) is 50.6 Å². The number of aryl methyl sites for hydroxylation is 1. The van der Waals surface area contributed by atoms with Gasteiger partial charge in [-0.2, -0.15) is 4.31 Å². The number of sulfonamides is 1. The van der Waals surface area contributed by atoms with Gasteiger partial charge in [0.05, 0.1) is 12.0 Å². The summed E-state index contributed by atoms with van der Waals surface area (Å²) >= 11 is 0. The van der Waals surface area contributed by atoms with E-state index in [1.54, 1.807) is 28.6 Å². The first-order chi connectivity index (χ1) is 17.8. The molecule has 0 bridgehead atoms. The van der Waals surface area contributed by atoms with Gasteiger partial charge >= 0.3 is 0 Å². The van der Waals surface area contributed by atoms with Gasteiger partial charge in [0.15, 0.2) is 0 Å². The van der Waals surface area contributed by atoms with Crippen molar-refractivity contribution in [3.05, 3.63) is 95.6 Å². The van der Waals surface area contributed by atoms with E-state index in [2.05, 4.69) is 5.32 Å². The molecule has 1 aliphatic rings. The van der Waals surface area contributed by atoms with Crippen molar-refractivity contribution in [2.24, 2.45) is 11.8 Å². The van der Waals surface area contributed by atoms with Crippen molar-refractivity contribution >= 4 is 15.9 Å². The summed E-state index contributed by atoms with van der Waals surface area (Å²) in [7, 11) is -2.20. The first-order valence-corrected chi connectivity index (χ1v) is 14.3. The highest BCUT2D eigenvalue weighted by molar-refractivity contribution is 7.89. The molecule has 4 rings (SSSR count). The van der Waals surface area contributed by atoms with E-state index in [0.29, 0.717) is 25.4 Å². The second-order valence-electron chi connectivity index (χ2n) is 9.88. The normalized spacial score (nSPS) is 17.9. The zero-order valence-electron chi connectivity index (χ0n) is 21.6. The fourth-order valence-corrected chi connectivity index (χ4v) is 6.42. The van der Waals surface area contributed by atoms with Crippen molar-refractivity contribution < 1.29 is 17.9 Å². The van der Waals surface area contributed by atoms with Crippen molar-refractivity contribution in [3.8, 4) is 5.75 Å². The predicted molar refractivity (Wildman–Crippen MR) is 146 cm³/mol. The molecule has 196 valence electrons. The van der Waals surface area contributed by atoms with Crippen LogP contribution in [0.25, 0.3) is 0 Å². The smallest absolute Gasteiger partial charge is 0.243 e. The first-order valence-electron chi connectivity index (χ1n) is 12.9. The Morgan fingerprint density at radius 3 is 2.30 bits per heavy atom. The van der Waals surface area contributed by atoms with E-state index < -0.39 is 10.0 Å². The molecule has 1 amide bonds. The van der Waals surface area contributed by atoms with Gasteiger partial charge < -0.3 is 10.1 Å². The van der Waals surface area contributed by atoms with E-state index in [0.717, 1.165) is 36.8 Å². The molecule has 0 atom stereocenters. The Bertz CT molecular complexity index is 1270. The molecule has 0 heterocycles. The lowest BCUT2D eigenvalue weighted by molar-refractivity contribution is -0.126. The Balaban J connectivity index is 1.40. The van der Waals surface area contributed by atoms with Crippen LogP contribution < -0.4 is 10.1 Å². The Morgan fingerprint density at radius 1 is 0.919 bits per heavy atom. The topological polar surface area (TPSA) is 75.7 Å². The van der Waals surface area contributed by atoms with E-state index >= 15 is 0 Å². The first kappa shape index (κ1) is 26.9. The number of nitrogens with zero attached hydrogens (tertiary/aromatic N) is 1. The molecule has 0 aliphatic heterocycles. The minimum Gasteiger partial charge on any atom is -0.497 e. The monoisotopic (exact) mass is 520 g/mol. The standard InChI is InChI=1S/C30H36N2O4S/c1-23-11-13-24(14-12-23)20-31-30(33)27-17-15-26(16-18-27)22-32(21-25-7-4-3-5-8-25)37(34,35)29-10-6-9-28(19-29)36-2/h3-14,19,26-27H,15-18,20-22H2,1-2H3,(H,31,33). The van der Waals surface area contributed by atoms with Crippen LogP contribution in [0.5, 0.6) is 5.75 Å². The van der Waals surface area contributed by atoms with E-state index in [4.69, 9.17) is 4.74 Å². The highest BCUT2D eigenvalue weighted by Crippen LogP contribution is 2.32. The average Bonchev–Trinajstić information content (AvgIpc) is 2.93. The van der Waals surface area contributed by atoms with Crippen LogP contribution in [0.3, 0.4) is 0 Å². The number of nitrogens with one attached hydrogen (secondary N) is 1. The molecule has 0 unspecified atom stereocenters. The van der Waals surface area contributed by atoms with E-state index in [-0.39, 0.29) is 22.6 Å². The number of benzene rings is 3. The van der Waals surface area contributed by atoms with Crippen LogP contribution in [0.1, 0.15) is 42.4 Å². The molecule has 0 saturated heterocycles. The van der Waals surface area contributed by atoms with Crippen molar-refractivity contribution in [1.82, 2.24) is 9.62 Å². The highest BCUT2D eigenvalue weighted by atomic mass is 32.2. The third-order valence-electron chi connectivity index (χ3n) is 7.15. The zero-order valence-corrected chi connectivity index (χ0v) is 22.4. The Hall–Kier alpha value is -3.16. The molecule has 3 aromatic carbocycles. The van der Waals surface area contributed by atoms with Crippen LogP contribution in [-0.2, 0) is 27.9 Å². The number of methoxy groups -OCH3 is 1. The minimum atomic E-state index is -3.73. The molecule has 1 fully saturated rings. The quantitative estimate of drug-likeness (QED) is 0.393. The third-order valence-corrected chi connectivity index (χ3v) is 8.96. The SMILES string of the molecule is COc1cccc(S(=O)(=O)N(Cc2ccccc2)CC2CCC(C(=O)NCc3ccc(C)cc3)CC2)c1. The number of amides is 1. The second-order valence-corrected chi connectivity index (χ2v) is 11.8. The van der Waals surface area contributed by atoms with Gasteiger partial charge in [0.25, 0.3) is 0 Å². The van der Waals surface area contributed by atoms with Crippen LogP contribution >= 0.6 is 0 Å². The number of ether oxygens (including phenoxy) is 1. The zero-order chi connectivity index (χ0) is 26.3. The minimum absolute atomic E-state index is 0.0285. The van der Waals surface area contributed by atoms with Crippen molar-refractivity contribution in [3.63, 3.8) is 0 Å². The fraction of sp³-hybridized carbons (Fsp3) is 0.367. The lowest BCUT2D eigenvalue weighted by Gasteiger charge is -2.32. The van der Waals surface area contributed by atoms with Gasteiger partial charge in [-0.1, -0.05) is 66.2 Å². The molecule has 1 N–H and O–H groups in total. The van der Waals surface area contributed by atoms with E-state index in [1.807, 2.05) is 61.5 Å². The molecule has 7 heteroatoms. The van der Waals surface area contributed by atoms with Crippen molar-refractivity contribution in [2.75, 3.05) is 13.7 Å². The van der Waals surface area contributed by atoms with E-state index in [1.165, 1.54) is 12.7 Å². The van der Waals surface area contributed by atoms with Crippen molar-refractivity contribution in [1.29, 1.82) is 0 Å². The molecule has 6 nitrogen and oxygen atoms in total. The Morgan fingerprint density at radius 2 is 1.62 bits per heavy atom. The average molecular weight is 521 g/mol. The van der Waals surface area contributed by atoms with Gasteiger partial charge in [0, 0.05) is 31.6 Å². The van der Waals surface area contributed by atoms with Crippen LogP contribution in [0.2, 0.25) is 0 Å². The maximum atomic E-state index is 13.7. The molecule has 0 aromatic heterocycles. The summed E-state index contributed by atoms with van der Waals surface area (Å²) in [5.74, 6) is 0.770. The predicted octanol–water partition coefficient (Wildman–Crippen LogP) is 5.32. The van der Waals surface area contributed by atoms with Gasteiger partial charge in [0.2, 0.25) is 15.9 Å². The Kier molecular flexibility index (Phi) is 9.00.